The van der Waals surface area contributed by atoms with Crippen LogP contribution in [0.1, 0.15) is 39.5 Å². The van der Waals surface area contributed by atoms with Crippen LogP contribution in [0.4, 0.5) is 11.8 Å². The fraction of sp³-hybridized carbons (Fsp3) is 0.130. The number of anilines is 2. The molecule has 0 aliphatic rings. The second-order valence-electron chi connectivity index (χ2n) is 7.12. The summed E-state index contributed by atoms with van der Waals surface area (Å²) in [5.41, 5.74) is 4.13. The molecule has 0 radical (unpaired) electrons. The third-order valence-electron chi connectivity index (χ3n) is 4.58. The number of hydrogen-bond acceptors (Lipinski definition) is 6. The fourth-order valence-corrected chi connectivity index (χ4v) is 2.97. The van der Waals surface area contributed by atoms with Crippen LogP contribution in [0.25, 0.3) is 5.65 Å². The number of carbonyl (C=O) groups is 2. The van der Waals surface area contributed by atoms with E-state index in [1.165, 1.54) is 17.8 Å². The van der Waals surface area contributed by atoms with Gasteiger partial charge in [0.25, 0.3) is 5.91 Å². The second-order valence-corrected chi connectivity index (χ2v) is 7.12. The van der Waals surface area contributed by atoms with Crippen molar-refractivity contribution in [1.29, 1.82) is 0 Å². The summed E-state index contributed by atoms with van der Waals surface area (Å²) >= 11 is 0. The summed E-state index contributed by atoms with van der Waals surface area (Å²) in [7, 11) is 0. The average Bonchev–Trinajstić information content (AvgIpc) is 3.17. The maximum Gasteiger partial charge on any atom is 0.256 e. The molecule has 2 amide bonds. The van der Waals surface area contributed by atoms with Crippen molar-refractivity contribution in [1.82, 2.24) is 24.6 Å². The van der Waals surface area contributed by atoms with Crippen molar-refractivity contribution in [2.45, 2.75) is 20.8 Å². The standard InChI is InChI=1S/C23H19N7O2/c1-14-8-9-24-20(10-14)29-22(32)18-5-4-15(2)17(11-18)6-7-19-12-27-30-21(19)25-13-26-23(30)28-16(3)31/h4-5,8-13H,1-3H3,(H,24,29,32)(H,25,26,28,31). The van der Waals surface area contributed by atoms with Gasteiger partial charge in [0.05, 0.1) is 11.8 Å². The maximum absolute atomic E-state index is 12.7. The predicted octanol–water partition coefficient (Wildman–Crippen LogP) is 2.75. The molecule has 3 heterocycles. The van der Waals surface area contributed by atoms with Crippen LogP contribution in [0.2, 0.25) is 0 Å². The van der Waals surface area contributed by atoms with E-state index in [1.807, 2.05) is 26.0 Å². The Morgan fingerprint density at radius 1 is 0.969 bits per heavy atom. The molecule has 0 saturated heterocycles. The predicted molar refractivity (Wildman–Crippen MR) is 119 cm³/mol. The topological polar surface area (TPSA) is 114 Å². The molecule has 0 atom stereocenters. The molecule has 0 bridgehead atoms. The summed E-state index contributed by atoms with van der Waals surface area (Å²) in [6.45, 7) is 5.24. The lowest BCUT2D eigenvalue weighted by Crippen LogP contribution is -2.13. The Morgan fingerprint density at radius 2 is 1.78 bits per heavy atom. The number of pyridine rings is 1. The maximum atomic E-state index is 12.7. The fourth-order valence-electron chi connectivity index (χ4n) is 2.97. The monoisotopic (exact) mass is 425 g/mol. The van der Waals surface area contributed by atoms with Crippen LogP contribution in [-0.2, 0) is 4.79 Å². The lowest BCUT2D eigenvalue weighted by atomic mass is 10.0. The van der Waals surface area contributed by atoms with Crippen molar-refractivity contribution in [3.63, 3.8) is 0 Å². The zero-order valence-corrected chi connectivity index (χ0v) is 17.7. The van der Waals surface area contributed by atoms with Gasteiger partial charge < -0.3 is 5.32 Å². The Morgan fingerprint density at radius 3 is 2.56 bits per heavy atom. The Bertz CT molecular complexity index is 1410. The molecule has 0 aliphatic heterocycles. The van der Waals surface area contributed by atoms with E-state index in [9.17, 15) is 9.59 Å². The van der Waals surface area contributed by atoms with Crippen LogP contribution in [-0.4, -0.2) is 36.4 Å². The molecule has 0 aliphatic carbocycles. The molecule has 0 unspecified atom stereocenters. The molecule has 158 valence electrons. The molecule has 32 heavy (non-hydrogen) atoms. The molecular weight excluding hydrogens is 406 g/mol. The highest BCUT2D eigenvalue weighted by Crippen LogP contribution is 2.15. The molecule has 4 aromatic rings. The number of rotatable bonds is 3. The van der Waals surface area contributed by atoms with E-state index in [0.717, 1.165) is 11.1 Å². The molecule has 0 spiro atoms. The smallest absolute Gasteiger partial charge is 0.256 e. The van der Waals surface area contributed by atoms with Gasteiger partial charge in [-0.15, -0.1) is 0 Å². The third kappa shape index (κ3) is 4.44. The van der Waals surface area contributed by atoms with E-state index >= 15 is 0 Å². The first-order valence-corrected chi connectivity index (χ1v) is 9.74. The van der Waals surface area contributed by atoms with Crippen LogP contribution in [0.15, 0.2) is 49.1 Å². The number of nitrogens with one attached hydrogen (secondary N) is 2. The number of carbonyl (C=O) groups excluding carboxylic acids is 2. The summed E-state index contributed by atoms with van der Waals surface area (Å²) in [6, 6.07) is 8.98. The molecule has 9 nitrogen and oxygen atoms in total. The summed E-state index contributed by atoms with van der Waals surface area (Å²) < 4.78 is 1.41. The van der Waals surface area contributed by atoms with Gasteiger partial charge in [-0.05, 0) is 49.2 Å². The Hall–Kier alpha value is -4.58. The molecule has 2 N–H and O–H groups in total. The number of aryl methyl sites for hydroxylation is 2. The molecule has 9 heteroatoms. The van der Waals surface area contributed by atoms with Crippen molar-refractivity contribution in [2.75, 3.05) is 10.6 Å². The van der Waals surface area contributed by atoms with E-state index in [0.29, 0.717) is 28.2 Å². The largest absolute Gasteiger partial charge is 0.307 e. The molecule has 0 fully saturated rings. The summed E-state index contributed by atoms with van der Waals surface area (Å²) in [6.07, 6.45) is 4.54. The number of amides is 2. The summed E-state index contributed by atoms with van der Waals surface area (Å²) in [4.78, 5) is 36.4. The summed E-state index contributed by atoms with van der Waals surface area (Å²) in [5, 5.41) is 9.61. The summed E-state index contributed by atoms with van der Waals surface area (Å²) in [5.74, 6) is 6.35. The number of nitrogens with zero attached hydrogens (tertiary/aromatic N) is 5. The normalized spacial score (nSPS) is 10.3. The zero-order valence-electron chi connectivity index (χ0n) is 17.7. The SMILES string of the molecule is CC(=O)Nc1ncnc2c(C#Cc3cc(C(=O)Nc4cc(C)ccn4)ccc3C)cnn12. The molecule has 1 aromatic carbocycles. The van der Waals surface area contributed by atoms with Crippen LogP contribution in [0, 0.1) is 25.7 Å². The first-order valence-electron chi connectivity index (χ1n) is 9.74. The van der Waals surface area contributed by atoms with Gasteiger partial charge >= 0.3 is 0 Å². The number of aromatic nitrogens is 5. The molecule has 3 aromatic heterocycles. The zero-order chi connectivity index (χ0) is 22.7. The van der Waals surface area contributed by atoms with Gasteiger partial charge in [0.2, 0.25) is 11.9 Å². The van der Waals surface area contributed by atoms with Crippen molar-refractivity contribution >= 4 is 29.2 Å². The van der Waals surface area contributed by atoms with Crippen molar-refractivity contribution in [3.8, 4) is 11.8 Å². The van der Waals surface area contributed by atoms with E-state index in [-0.39, 0.29) is 17.8 Å². The van der Waals surface area contributed by atoms with Gasteiger partial charge in [0, 0.05) is 24.2 Å². The van der Waals surface area contributed by atoms with E-state index in [2.05, 4.69) is 42.5 Å². The highest BCUT2D eigenvalue weighted by atomic mass is 16.2. The highest BCUT2D eigenvalue weighted by Gasteiger charge is 2.11. The third-order valence-corrected chi connectivity index (χ3v) is 4.58. The lowest BCUT2D eigenvalue weighted by Gasteiger charge is -2.06. The van der Waals surface area contributed by atoms with E-state index in [1.54, 1.807) is 30.6 Å². The first-order chi connectivity index (χ1) is 15.4. The second kappa shape index (κ2) is 8.65. The average molecular weight is 425 g/mol. The van der Waals surface area contributed by atoms with Crippen molar-refractivity contribution in [3.05, 3.63) is 76.9 Å². The van der Waals surface area contributed by atoms with Crippen LogP contribution in [0.5, 0.6) is 0 Å². The first kappa shape index (κ1) is 20.7. The van der Waals surface area contributed by atoms with Gasteiger partial charge in [-0.1, -0.05) is 17.9 Å². The van der Waals surface area contributed by atoms with Gasteiger partial charge in [-0.25, -0.2) is 15.0 Å². The van der Waals surface area contributed by atoms with Gasteiger partial charge in [0.15, 0.2) is 5.65 Å². The Balaban J connectivity index is 1.62. The molecular formula is C23H19N7O2. The molecule has 0 saturated carbocycles. The lowest BCUT2D eigenvalue weighted by molar-refractivity contribution is -0.114. The number of hydrogen-bond donors (Lipinski definition) is 2. The van der Waals surface area contributed by atoms with Crippen LogP contribution >= 0.6 is 0 Å². The highest BCUT2D eigenvalue weighted by molar-refractivity contribution is 6.04. The van der Waals surface area contributed by atoms with Crippen LogP contribution in [0.3, 0.4) is 0 Å². The van der Waals surface area contributed by atoms with Crippen molar-refractivity contribution in [2.24, 2.45) is 0 Å². The van der Waals surface area contributed by atoms with Crippen molar-refractivity contribution < 1.29 is 9.59 Å². The Labute approximate surface area is 183 Å². The minimum absolute atomic E-state index is 0.259. The van der Waals surface area contributed by atoms with E-state index in [4.69, 9.17) is 0 Å². The van der Waals surface area contributed by atoms with Gasteiger partial charge in [-0.2, -0.15) is 9.61 Å². The quantitative estimate of drug-likeness (QED) is 0.488. The number of fused-ring (bicyclic) bond motifs is 1. The minimum Gasteiger partial charge on any atom is -0.307 e. The van der Waals surface area contributed by atoms with E-state index < -0.39 is 0 Å². The van der Waals surface area contributed by atoms with Gasteiger partial charge in [-0.3, -0.25) is 14.9 Å². The van der Waals surface area contributed by atoms with Crippen LogP contribution < -0.4 is 10.6 Å². The molecule has 4 rings (SSSR count). The number of benzene rings is 1. The minimum atomic E-state index is -0.269. The Kier molecular flexibility index (Phi) is 5.59. The van der Waals surface area contributed by atoms with Gasteiger partial charge in [0.1, 0.15) is 12.1 Å².